The maximum Gasteiger partial charge on any atom is 0.444 e. The molecule has 0 fully saturated rings. The second-order valence-electron chi connectivity index (χ2n) is 8.60. The first-order valence-electron chi connectivity index (χ1n) is 9.00. The molecule has 2 rings (SSSR count). The van der Waals surface area contributed by atoms with Crippen molar-refractivity contribution in [1.82, 2.24) is 0 Å². The first kappa shape index (κ1) is 21.1. The summed E-state index contributed by atoms with van der Waals surface area (Å²) in [5.41, 5.74) is 1.43. The highest BCUT2D eigenvalue weighted by Gasteiger charge is 2.32. The lowest BCUT2D eigenvalue weighted by Gasteiger charge is -2.27. The first-order valence-corrected chi connectivity index (χ1v) is 10.7. The van der Waals surface area contributed by atoms with Crippen LogP contribution in [0.1, 0.15) is 52.7 Å². The fourth-order valence-corrected chi connectivity index (χ4v) is 4.06. The van der Waals surface area contributed by atoms with Gasteiger partial charge < -0.3 is 9.05 Å². The standard InChI is InChI=1S/C22H28NO3P/c1-21(2,3)17-11-7-9-13-19(17)25-27(24,16-15-23)26-20-14-10-8-12-18(20)22(4,5)6/h7-14H,16H2,1-6H3. The van der Waals surface area contributed by atoms with Crippen molar-refractivity contribution >= 4 is 7.60 Å². The van der Waals surface area contributed by atoms with Gasteiger partial charge in [0.1, 0.15) is 11.5 Å². The summed E-state index contributed by atoms with van der Waals surface area (Å²) in [5.74, 6) is 0.966. The predicted octanol–water partition coefficient (Wildman–Crippen LogP) is 6.46. The Morgan fingerprint density at radius 3 is 1.52 bits per heavy atom. The molecule has 4 nitrogen and oxygen atoms in total. The van der Waals surface area contributed by atoms with E-state index in [0.717, 1.165) is 11.1 Å². The zero-order valence-electron chi connectivity index (χ0n) is 16.9. The molecule has 2 aromatic carbocycles. The molecule has 27 heavy (non-hydrogen) atoms. The van der Waals surface area contributed by atoms with Gasteiger partial charge in [-0.25, -0.2) is 4.57 Å². The van der Waals surface area contributed by atoms with Crippen molar-refractivity contribution in [1.29, 1.82) is 5.26 Å². The van der Waals surface area contributed by atoms with Gasteiger partial charge in [0.15, 0.2) is 6.16 Å². The molecule has 5 heteroatoms. The van der Waals surface area contributed by atoms with Crippen LogP contribution in [-0.4, -0.2) is 6.16 Å². The number of nitrogens with zero attached hydrogens (tertiary/aromatic N) is 1. The number of benzene rings is 2. The molecule has 0 bridgehead atoms. The third kappa shape index (κ3) is 5.37. The molecule has 0 spiro atoms. The number of rotatable bonds is 5. The highest BCUT2D eigenvalue weighted by Crippen LogP contribution is 2.51. The van der Waals surface area contributed by atoms with E-state index in [1.165, 1.54) is 0 Å². The summed E-state index contributed by atoms with van der Waals surface area (Å²) in [4.78, 5) is 0. The van der Waals surface area contributed by atoms with Gasteiger partial charge in [-0.05, 0) is 23.0 Å². The Kier molecular flexibility index (Phi) is 6.07. The average molecular weight is 385 g/mol. The summed E-state index contributed by atoms with van der Waals surface area (Å²) in [6.45, 7) is 12.3. The largest absolute Gasteiger partial charge is 0.444 e. The molecule has 2 aromatic rings. The Balaban J connectivity index is 2.45. The average Bonchev–Trinajstić information content (AvgIpc) is 2.53. The van der Waals surface area contributed by atoms with Crippen LogP contribution in [0.3, 0.4) is 0 Å². The highest BCUT2D eigenvalue weighted by molar-refractivity contribution is 7.55. The Hall–Kier alpha value is -2.24. The lowest BCUT2D eigenvalue weighted by molar-refractivity contribution is 0.379. The van der Waals surface area contributed by atoms with Gasteiger partial charge in [0, 0.05) is 11.1 Å². The maximum atomic E-state index is 13.4. The van der Waals surface area contributed by atoms with Gasteiger partial charge in [0.25, 0.3) is 0 Å². The molecule has 0 saturated heterocycles. The summed E-state index contributed by atoms with van der Waals surface area (Å²) in [5, 5.41) is 9.23. The van der Waals surface area contributed by atoms with Gasteiger partial charge in [-0.15, -0.1) is 0 Å². The van der Waals surface area contributed by atoms with Gasteiger partial charge in [-0.1, -0.05) is 77.9 Å². The van der Waals surface area contributed by atoms with Crippen LogP contribution in [0.5, 0.6) is 11.5 Å². The lowest BCUT2D eigenvalue weighted by atomic mass is 9.86. The van der Waals surface area contributed by atoms with Gasteiger partial charge in [-0.3, -0.25) is 0 Å². The van der Waals surface area contributed by atoms with Crippen molar-refractivity contribution in [2.24, 2.45) is 0 Å². The molecule has 0 aromatic heterocycles. The van der Waals surface area contributed by atoms with Gasteiger partial charge in [0.2, 0.25) is 0 Å². The van der Waals surface area contributed by atoms with Crippen LogP contribution in [0.25, 0.3) is 0 Å². The topological polar surface area (TPSA) is 59.3 Å². The van der Waals surface area contributed by atoms with E-state index >= 15 is 0 Å². The van der Waals surface area contributed by atoms with E-state index in [2.05, 4.69) is 41.5 Å². The predicted molar refractivity (Wildman–Crippen MR) is 110 cm³/mol. The summed E-state index contributed by atoms with van der Waals surface area (Å²) < 4.78 is 25.2. The number of hydrogen-bond acceptors (Lipinski definition) is 4. The second kappa shape index (κ2) is 7.79. The summed E-state index contributed by atoms with van der Waals surface area (Å²) >= 11 is 0. The molecule has 0 unspecified atom stereocenters. The summed E-state index contributed by atoms with van der Waals surface area (Å²) in [7, 11) is -3.72. The van der Waals surface area contributed by atoms with Crippen molar-refractivity contribution in [3.63, 3.8) is 0 Å². The van der Waals surface area contributed by atoms with E-state index in [9.17, 15) is 9.83 Å². The Labute approximate surface area is 162 Å². The van der Waals surface area contributed by atoms with Crippen LogP contribution < -0.4 is 9.05 Å². The Morgan fingerprint density at radius 2 is 1.19 bits per heavy atom. The fraction of sp³-hybridized carbons (Fsp3) is 0.409. The molecule has 0 aliphatic rings. The normalized spacial score (nSPS) is 12.3. The quantitative estimate of drug-likeness (QED) is 0.555. The molecule has 0 aliphatic carbocycles. The second-order valence-corrected chi connectivity index (χ2v) is 10.5. The SMILES string of the molecule is CC(C)(C)c1ccccc1OP(=O)(CC#N)Oc1ccccc1C(C)(C)C. The molecule has 0 atom stereocenters. The maximum absolute atomic E-state index is 13.4. The number of hydrogen-bond donors (Lipinski definition) is 0. The molecular formula is C22H28NO3P. The van der Waals surface area contributed by atoms with E-state index in [1.54, 1.807) is 12.1 Å². The minimum absolute atomic E-state index is 0.197. The highest BCUT2D eigenvalue weighted by atomic mass is 31.2. The van der Waals surface area contributed by atoms with Crippen molar-refractivity contribution in [2.75, 3.05) is 6.16 Å². The molecular weight excluding hydrogens is 357 g/mol. The first-order chi connectivity index (χ1) is 12.5. The van der Waals surface area contributed by atoms with Crippen LogP contribution in [0, 0.1) is 11.3 Å². The molecule has 0 N–H and O–H groups in total. The van der Waals surface area contributed by atoms with Gasteiger partial charge in [0.05, 0.1) is 6.07 Å². The van der Waals surface area contributed by atoms with E-state index in [4.69, 9.17) is 9.05 Å². The monoisotopic (exact) mass is 385 g/mol. The minimum Gasteiger partial charge on any atom is -0.415 e. The van der Waals surface area contributed by atoms with Crippen LogP contribution in [0.15, 0.2) is 48.5 Å². The van der Waals surface area contributed by atoms with Crippen molar-refractivity contribution in [3.05, 3.63) is 59.7 Å². The third-order valence-electron chi connectivity index (χ3n) is 4.13. The van der Waals surface area contributed by atoms with Gasteiger partial charge in [-0.2, -0.15) is 5.26 Å². The van der Waals surface area contributed by atoms with Crippen LogP contribution in [0.4, 0.5) is 0 Å². The summed E-state index contributed by atoms with van der Waals surface area (Å²) in [6.07, 6.45) is -0.329. The van der Waals surface area contributed by atoms with E-state index in [-0.39, 0.29) is 17.0 Å². The number of nitriles is 1. The fourth-order valence-electron chi connectivity index (χ4n) is 2.80. The number of para-hydroxylation sites is 2. The van der Waals surface area contributed by atoms with Crippen molar-refractivity contribution < 1.29 is 13.6 Å². The minimum atomic E-state index is -3.72. The van der Waals surface area contributed by atoms with Crippen LogP contribution >= 0.6 is 7.60 Å². The Bertz CT molecular complexity index is 822. The smallest absolute Gasteiger partial charge is 0.415 e. The zero-order chi connectivity index (χ0) is 20.3. The van der Waals surface area contributed by atoms with E-state index in [0.29, 0.717) is 11.5 Å². The van der Waals surface area contributed by atoms with Gasteiger partial charge >= 0.3 is 7.60 Å². The Morgan fingerprint density at radius 1 is 0.815 bits per heavy atom. The molecule has 0 heterocycles. The lowest BCUT2D eigenvalue weighted by Crippen LogP contribution is -2.16. The third-order valence-corrected chi connectivity index (χ3v) is 5.61. The van der Waals surface area contributed by atoms with Crippen molar-refractivity contribution in [2.45, 2.75) is 52.4 Å². The molecule has 0 saturated carbocycles. The van der Waals surface area contributed by atoms with Crippen molar-refractivity contribution in [3.8, 4) is 17.6 Å². The molecule has 0 aliphatic heterocycles. The summed E-state index contributed by atoms with van der Waals surface area (Å²) in [6, 6.07) is 16.8. The van der Waals surface area contributed by atoms with E-state index in [1.807, 2.05) is 42.5 Å². The van der Waals surface area contributed by atoms with Crippen LogP contribution in [-0.2, 0) is 15.4 Å². The molecule has 144 valence electrons. The van der Waals surface area contributed by atoms with E-state index < -0.39 is 7.60 Å². The molecule has 0 radical (unpaired) electrons. The zero-order valence-corrected chi connectivity index (χ0v) is 17.8. The molecule has 0 amide bonds. The van der Waals surface area contributed by atoms with Crippen LogP contribution in [0.2, 0.25) is 0 Å².